The number of benzene rings is 2. The summed E-state index contributed by atoms with van der Waals surface area (Å²) < 4.78 is 4.45. The second kappa shape index (κ2) is 8.62. The third-order valence-electron chi connectivity index (χ3n) is 5.54. The van der Waals surface area contributed by atoms with E-state index in [-0.39, 0.29) is 5.91 Å². The van der Waals surface area contributed by atoms with Crippen molar-refractivity contribution in [1.29, 1.82) is 0 Å². The maximum atomic E-state index is 12.9. The maximum Gasteiger partial charge on any atom is 0.253 e. The van der Waals surface area contributed by atoms with Crippen molar-refractivity contribution in [3.05, 3.63) is 78.4 Å². The molecule has 7 heteroatoms. The summed E-state index contributed by atoms with van der Waals surface area (Å²) in [6.45, 7) is 1.58. The largest absolute Gasteiger partial charge is 0.338 e. The summed E-state index contributed by atoms with van der Waals surface area (Å²) in [7, 11) is 0. The summed E-state index contributed by atoms with van der Waals surface area (Å²) in [4.78, 5) is 23.7. The molecule has 0 saturated carbocycles. The average molecular weight is 435 g/mol. The lowest BCUT2D eigenvalue weighted by Crippen LogP contribution is -2.38. The summed E-state index contributed by atoms with van der Waals surface area (Å²) in [6.07, 6.45) is 7.63. The number of carbonyl (C=O) groups excluding carboxylic acids is 1. The van der Waals surface area contributed by atoms with Gasteiger partial charge in [-0.25, -0.2) is 9.97 Å². The Balaban J connectivity index is 1.17. The highest BCUT2D eigenvalue weighted by molar-refractivity contribution is 8.00. The molecule has 0 N–H and O–H groups in total. The number of hydrogen-bond acceptors (Lipinski definition) is 5. The van der Waals surface area contributed by atoms with Crippen molar-refractivity contribution >= 4 is 39.2 Å². The normalized spacial score (nSPS) is 15.0. The first kappa shape index (κ1) is 19.3. The summed E-state index contributed by atoms with van der Waals surface area (Å²) in [5, 5.41) is 0. The molecule has 1 amide bonds. The fraction of sp³-hybridized carbons (Fsp3) is 0.261. The lowest BCUT2D eigenvalue weighted by molar-refractivity contribution is 0.0694. The van der Waals surface area contributed by atoms with Gasteiger partial charge in [-0.2, -0.15) is 0 Å². The quantitative estimate of drug-likeness (QED) is 0.402. The number of imidazole rings is 1. The number of para-hydroxylation sites is 1. The minimum Gasteiger partial charge on any atom is -0.338 e. The van der Waals surface area contributed by atoms with E-state index in [9.17, 15) is 4.79 Å². The van der Waals surface area contributed by atoms with Gasteiger partial charge in [0.2, 0.25) is 0 Å². The van der Waals surface area contributed by atoms with Gasteiger partial charge in [-0.1, -0.05) is 36.0 Å². The minimum atomic E-state index is 0.129. The maximum absolute atomic E-state index is 12.9. The second-order valence-corrected chi connectivity index (χ2v) is 9.72. The van der Waals surface area contributed by atoms with Crippen molar-refractivity contribution < 1.29 is 4.79 Å². The van der Waals surface area contributed by atoms with Crippen molar-refractivity contribution in [3.63, 3.8) is 0 Å². The zero-order valence-corrected chi connectivity index (χ0v) is 18.1. The summed E-state index contributed by atoms with van der Waals surface area (Å²) in [6, 6.07) is 16.7. The van der Waals surface area contributed by atoms with Crippen LogP contribution in [-0.4, -0.2) is 38.4 Å². The smallest absolute Gasteiger partial charge is 0.253 e. The fourth-order valence-corrected chi connectivity index (χ4v) is 5.86. The van der Waals surface area contributed by atoms with E-state index in [2.05, 4.69) is 38.8 Å². The summed E-state index contributed by atoms with van der Waals surface area (Å²) in [5.41, 5.74) is 3.03. The predicted molar refractivity (Wildman–Crippen MR) is 122 cm³/mol. The van der Waals surface area contributed by atoms with E-state index in [1.54, 1.807) is 23.1 Å². The van der Waals surface area contributed by atoms with Gasteiger partial charge in [0.05, 0.1) is 16.5 Å². The highest BCUT2D eigenvalue weighted by Gasteiger charge is 2.24. The summed E-state index contributed by atoms with van der Waals surface area (Å²) >= 11 is 3.47. The van der Waals surface area contributed by atoms with Crippen LogP contribution in [0.1, 0.15) is 34.8 Å². The topological polar surface area (TPSA) is 51.0 Å². The number of thioether (sulfide) groups is 1. The van der Waals surface area contributed by atoms with Gasteiger partial charge in [0.1, 0.15) is 0 Å². The highest BCUT2D eigenvalue weighted by atomic mass is 32.2. The Morgan fingerprint density at radius 1 is 1.10 bits per heavy atom. The van der Waals surface area contributed by atoms with Crippen LogP contribution in [0.4, 0.5) is 0 Å². The Kier molecular flexibility index (Phi) is 5.55. The molecule has 0 bridgehead atoms. The minimum absolute atomic E-state index is 0.129. The third kappa shape index (κ3) is 4.13. The Morgan fingerprint density at radius 2 is 1.90 bits per heavy atom. The van der Waals surface area contributed by atoms with Crippen LogP contribution in [0, 0.1) is 0 Å². The van der Waals surface area contributed by atoms with E-state index in [4.69, 9.17) is 0 Å². The standard InChI is InChI=1S/C23H22N4OS2/c28-22(26-12-9-19(10-13-26)27-14-11-24-16-27)18-7-5-17(6-8-18)15-29-23-25-20-3-1-2-4-21(20)30-23/h1-8,11,14,16,19H,9-10,12-13,15H2. The number of aromatic nitrogens is 3. The second-order valence-electron chi connectivity index (χ2n) is 7.47. The van der Waals surface area contributed by atoms with Crippen molar-refractivity contribution in [2.75, 3.05) is 13.1 Å². The van der Waals surface area contributed by atoms with Crippen LogP contribution in [0.2, 0.25) is 0 Å². The van der Waals surface area contributed by atoms with Gasteiger partial charge >= 0.3 is 0 Å². The number of nitrogens with zero attached hydrogens (tertiary/aromatic N) is 4. The molecule has 0 atom stereocenters. The molecule has 30 heavy (non-hydrogen) atoms. The van der Waals surface area contributed by atoms with E-state index < -0.39 is 0 Å². The van der Waals surface area contributed by atoms with Gasteiger partial charge in [0, 0.05) is 42.8 Å². The van der Waals surface area contributed by atoms with Crippen LogP contribution >= 0.6 is 23.1 Å². The molecular weight excluding hydrogens is 412 g/mol. The number of hydrogen-bond donors (Lipinski definition) is 0. The SMILES string of the molecule is O=C(c1ccc(CSc2nc3ccccc3s2)cc1)N1CCC(n2ccnc2)CC1. The van der Waals surface area contributed by atoms with E-state index in [1.165, 1.54) is 10.3 Å². The number of carbonyl (C=O) groups is 1. The van der Waals surface area contributed by atoms with E-state index in [0.717, 1.165) is 47.1 Å². The van der Waals surface area contributed by atoms with Gasteiger partial charge in [-0.3, -0.25) is 4.79 Å². The van der Waals surface area contributed by atoms with Crippen molar-refractivity contribution in [2.45, 2.75) is 29.0 Å². The van der Waals surface area contributed by atoms with Crippen molar-refractivity contribution in [3.8, 4) is 0 Å². The van der Waals surface area contributed by atoms with Gasteiger partial charge < -0.3 is 9.47 Å². The zero-order valence-electron chi connectivity index (χ0n) is 16.5. The first-order chi connectivity index (χ1) is 14.8. The molecule has 1 aliphatic rings. The molecular formula is C23H22N4OS2. The first-order valence-corrected chi connectivity index (χ1v) is 11.9. The number of piperidine rings is 1. The van der Waals surface area contributed by atoms with E-state index >= 15 is 0 Å². The molecule has 0 spiro atoms. The highest BCUT2D eigenvalue weighted by Crippen LogP contribution is 2.31. The van der Waals surface area contributed by atoms with Crippen LogP contribution in [0.25, 0.3) is 10.2 Å². The van der Waals surface area contributed by atoms with E-state index in [1.807, 2.05) is 47.9 Å². The van der Waals surface area contributed by atoms with Gasteiger partial charge in [0.25, 0.3) is 5.91 Å². The Morgan fingerprint density at radius 3 is 2.63 bits per heavy atom. The lowest BCUT2D eigenvalue weighted by Gasteiger charge is -2.32. The summed E-state index contributed by atoms with van der Waals surface area (Å²) in [5.74, 6) is 0.981. The molecule has 1 fully saturated rings. The molecule has 2 aromatic carbocycles. The molecule has 152 valence electrons. The van der Waals surface area contributed by atoms with Crippen LogP contribution < -0.4 is 0 Å². The number of fused-ring (bicyclic) bond motifs is 1. The molecule has 0 unspecified atom stereocenters. The molecule has 5 rings (SSSR count). The lowest BCUT2D eigenvalue weighted by atomic mass is 10.0. The third-order valence-corrected chi connectivity index (χ3v) is 7.79. The number of thiazole rings is 1. The molecule has 2 aromatic heterocycles. The molecule has 5 nitrogen and oxygen atoms in total. The van der Waals surface area contributed by atoms with Crippen LogP contribution in [0.5, 0.6) is 0 Å². The average Bonchev–Trinajstić information content (AvgIpc) is 3.47. The molecule has 3 heterocycles. The molecule has 4 aromatic rings. The monoisotopic (exact) mass is 434 g/mol. The number of rotatable bonds is 5. The molecule has 1 saturated heterocycles. The van der Waals surface area contributed by atoms with Crippen molar-refractivity contribution in [1.82, 2.24) is 19.4 Å². The van der Waals surface area contributed by atoms with Crippen molar-refractivity contribution in [2.24, 2.45) is 0 Å². The molecule has 0 radical (unpaired) electrons. The Labute approximate surface area is 183 Å². The number of likely N-dealkylation sites (tertiary alicyclic amines) is 1. The van der Waals surface area contributed by atoms with Gasteiger partial charge in [0.15, 0.2) is 4.34 Å². The van der Waals surface area contributed by atoms with Crippen LogP contribution in [0.3, 0.4) is 0 Å². The van der Waals surface area contributed by atoms with Crippen LogP contribution in [0.15, 0.2) is 71.6 Å². The predicted octanol–water partition coefficient (Wildman–Crippen LogP) is 5.26. The van der Waals surface area contributed by atoms with Gasteiger partial charge in [-0.15, -0.1) is 11.3 Å². The van der Waals surface area contributed by atoms with E-state index in [0.29, 0.717) is 6.04 Å². The van der Waals surface area contributed by atoms with Gasteiger partial charge in [-0.05, 0) is 42.7 Å². The Bertz CT molecular complexity index is 1100. The zero-order chi connectivity index (χ0) is 20.3. The first-order valence-electron chi connectivity index (χ1n) is 10.1. The van der Waals surface area contributed by atoms with Crippen LogP contribution in [-0.2, 0) is 5.75 Å². The number of amides is 1. The Hall–Kier alpha value is -2.64. The molecule has 0 aliphatic carbocycles. The molecule has 1 aliphatic heterocycles. The fourth-order valence-electron chi connectivity index (χ4n) is 3.84.